The van der Waals surface area contributed by atoms with Crippen LogP contribution >= 0.6 is 22.9 Å². The Labute approximate surface area is 181 Å². The van der Waals surface area contributed by atoms with Gasteiger partial charge < -0.3 is 9.80 Å². The molecule has 1 aliphatic heterocycles. The minimum atomic E-state index is -0.119. The van der Waals surface area contributed by atoms with Gasteiger partial charge in [-0.2, -0.15) is 0 Å². The topological polar surface area (TPSA) is 40.6 Å². The molecule has 1 aromatic carbocycles. The molecule has 0 spiro atoms. The molecule has 4 nitrogen and oxygen atoms in total. The normalized spacial score (nSPS) is 18.6. The van der Waals surface area contributed by atoms with E-state index in [1.807, 2.05) is 29.2 Å². The number of amides is 2. The van der Waals surface area contributed by atoms with E-state index in [1.54, 1.807) is 16.2 Å². The number of hydrogen-bond donors (Lipinski definition) is 0. The summed E-state index contributed by atoms with van der Waals surface area (Å²) in [6.07, 6.45) is 2.78. The largest absolute Gasteiger partial charge is 0.333 e. The maximum atomic E-state index is 13.4. The SMILES string of the molecule is CC(C)CN(CC(=O)N1CCc2sccc2C1c1ccc(Cl)cc1)C(=O)C1CC1. The Balaban J connectivity index is 1.60. The molecule has 2 amide bonds. The van der Waals surface area contributed by atoms with Gasteiger partial charge in [-0.15, -0.1) is 11.3 Å². The monoisotopic (exact) mass is 430 g/mol. The third kappa shape index (κ3) is 4.51. The maximum Gasteiger partial charge on any atom is 0.242 e. The van der Waals surface area contributed by atoms with Crippen LogP contribution in [-0.4, -0.2) is 41.2 Å². The molecule has 1 unspecified atom stereocenters. The highest BCUT2D eigenvalue weighted by molar-refractivity contribution is 7.10. The summed E-state index contributed by atoms with van der Waals surface area (Å²) >= 11 is 7.85. The van der Waals surface area contributed by atoms with Crippen molar-refractivity contribution in [2.45, 2.75) is 39.2 Å². The lowest BCUT2D eigenvalue weighted by Crippen LogP contribution is -2.47. The molecule has 1 aromatic heterocycles. The second kappa shape index (κ2) is 8.49. The summed E-state index contributed by atoms with van der Waals surface area (Å²) in [6, 6.07) is 9.76. The van der Waals surface area contributed by atoms with Crippen molar-refractivity contribution >= 4 is 34.8 Å². The molecule has 154 valence electrons. The highest BCUT2D eigenvalue weighted by atomic mass is 35.5. The molecule has 0 radical (unpaired) electrons. The zero-order chi connectivity index (χ0) is 20.5. The number of thiophene rings is 1. The average molecular weight is 431 g/mol. The number of halogens is 1. The van der Waals surface area contributed by atoms with E-state index in [0.717, 1.165) is 24.8 Å². The summed E-state index contributed by atoms with van der Waals surface area (Å²) < 4.78 is 0. The van der Waals surface area contributed by atoms with Gasteiger partial charge in [-0.05, 0) is 59.9 Å². The first-order chi connectivity index (χ1) is 13.9. The fourth-order valence-corrected chi connectivity index (χ4v) is 5.14. The molecule has 6 heteroatoms. The van der Waals surface area contributed by atoms with Crippen molar-refractivity contribution in [3.05, 3.63) is 56.7 Å². The van der Waals surface area contributed by atoms with Crippen LogP contribution in [0.2, 0.25) is 5.02 Å². The van der Waals surface area contributed by atoms with Crippen LogP contribution in [0.3, 0.4) is 0 Å². The van der Waals surface area contributed by atoms with E-state index in [1.165, 1.54) is 10.4 Å². The van der Waals surface area contributed by atoms with Gasteiger partial charge in [-0.1, -0.05) is 37.6 Å². The second-order valence-corrected chi connectivity index (χ2v) is 9.91. The smallest absolute Gasteiger partial charge is 0.242 e. The van der Waals surface area contributed by atoms with E-state index in [0.29, 0.717) is 24.0 Å². The van der Waals surface area contributed by atoms with Crippen LogP contribution in [0.5, 0.6) is 0 Å². The van der Waals surface area contributed by atoms with Crippen molar-refractivity contribution in [3.8, 4) is 0 Å². The number of carbonyl (C=O) groups is 2. The second-order valence-electron chi connectivity index (χ2n) is 8.48. The molecule has 29 heavy (non-hydrogen) atoms. The summed E-state index contributed by atoms with van der Waals surface area (Å²) in [5, 5.41) is 2.79. The maximum absolute atomic E-state index is 13.4. The van der Waals surface area contributed by atoms with Crippen LogP contribution in [-0.2, 0) is 16.0 Å². The van der Waals surface area contributed by atoms with Crippen molar-refractivity contribution in [1.82, 2.24) is 9.80 Å². The van der Waals surface area contributed by atoms with E-state index in [9.17, 15) is 9.59 Å². The lowest BCUT2D eigenvalue weighted by molar-refractivity contribution is -0.142. The summed E-state index contributed by atoms with van der Waals surface area (Å²) in [7, 11) is 0. The zero-order valence-electron chi connectivity index (χ0n) is 16.9. The average Bonchev–Trinajstić information content (AvgIpc) is 3.43. The first-order valence-corrected chi connectivity index (χ1v) is 11.6. The Morgan fingerprint density at radius 1 is 1.21 bits per heavy atom. The number of fused-ring (bicyclic) bond motifs is 1. The van der Waals surface area contributed by atoms with Crippen LogP contribution < -0.4 is 0 Å². The van der Waals surface area contributed by atoms with Crippen molar-refractivity contribution in [2.24, 2.45) is 11.8 Å². The quantitative estimate of drug-likeness (QED) is 0.662. The molecule has 0 bridgehead atoms. The van der Waals surface area contributed by atoms with Gasteiger partial charge in [-0.3, -0.25) is 9.59 Å². The lowest BCUT2D eigenvalue weighted by atomic mass is 9.93. The van der Waals surface area contributed by atoms with Gasteiger partial charge in [0.15, 0.2) is 0 Å². The van der Waals surface area contributed by atoms with Gasteiger partial charge in [0.1, 0.15) is 0 Å². The standard InChI is InChI=1S/C23H27ClN2O2S/c1-15(2)13-25(23(28)17-3-4-17)14-21(27)26-11-9-20-19(10-12-29-20)22(26)16-5-7-18(24)8-6-16/h5-8,10,12,15,17,22H,3-4,9,11,13-14H2,1-2H3. The number of hydrogen-bond acceptors (Lipinski definition) is 3. The van der Waals surface area contributed by atoms with Crippen LogP contribution in [0, 0.1) is 11.8 Å². The van der Waals surface area contributed by atoms with Crippen molar-refractivity contribution in [1.29, 1.82) is 0 Å². The van der Waals surface area contributed by atoms with Crippen molar-refractivity contribution in [2.75, 3.05) is 19.6 Å². The Morgan fingerprint density at radius 2 is 1.93 bits per heavy atom. The Hall–Kier alpha value is -1.85. The minimum Gasteiger partial charge on any atom is -0.333 e. The molecular weight excluding hydrogens is 404 g/mol. The number of benzene rings is 1. The molecule has 0 N–H and O–H groups in total. The van der Waals surface area contributed by atoms with Gasteiger partial charge >= 0.3 is 0 Å². The molecule has 2 aromatic rings. The molecule has 4 rings (SSSR count). The van der Waals surface area contributed by atoms with E-state index in [4.69, 9.17) is 11.6 Å². The molecule has 1 saturated carbocycles. The summed E-state index contributed by atoms with van der Waals surface area (Å²) in [4.78, 5) is 31.2. The Morgan fingerprint density at radius 3 is 2.59 bits per heavy atom. The van der Waals surface area contributed by atoms with E-state index < -0.39 is 0 Å². The van der Waals surface area contributed by atoms with Gasteiger partial charge in [-0.25, -0.2) is 0 Å². The Bertz CT molecular complexity index is 889. The van der Waals surface area contributed by atoms with Crippen LogP contribution in [0.25, 0.3) is 0 Å². The Kier molecular flexibility index (Phi) is 5.98. The zero-order valence-corrected chi connectivity index (χ0v) is 18.5. The summed E-state index contributed by atoms with van der Waals surface area (Å²) in [5.74, 6) is 0.626. The molecular formula is C23H27ClN2O2S. The summed E-state index contributed by atoms with van der Waals surface area (Å²) in [6.45, 7) is 5.65. The van der Waals surface area contributed by atoms with Crippen LogP contribution in [0.15, 0.2) is 35.7 Å². The minimum absolute atomic E-state index is 0.0245. The molecule has 1 fully saturated rings. The van der Waals surface area contributed by atoms with Gasteiger partial charge in [0.25, 0.3) is 0 Å². The number of carbonyl (C=O) groups excluding carboxylic acids is 2. The third-order valence-electron chi connectivity index (χ3n) is 5.62. The van der Waals surface area contributed by atoms with Crippen LogP contribution in [0.4, 0.5) is 0 Å². The number of rotatable bonds is 6. The third-order valence-corrected chi connectivity index (χ3v) is 6.87. The first-order valence-electron chi connectivity index (χ1n) is 10.3. The van der Waals surface area contributed by atoms with Crippen LogP contribution in [0.1, 0.15) is 48.7 Å². The van der Waals surface area contributed by atoms with Crippen molar-refractivity contribution in [3.63, 3.8) is 0 Å². The predicted octanol–water partition coefficient (Wildman–Crippen LogP) is 4.77. The van der Waals surface area contributed by atoms with Gasteiger partial charge in [0, 0.05) is 28.9 Å². The lowest BCUT2D eigenvalue weighted by Gasteiger charge is -2.38. The van der Waals surface area contributed by atoms with Crippen molar-refractivity contribution < 1.29 is 9.59 Å². The van der Waals surface area contributed by atoms with E-state index >= 15 is 0 Å². The highest BCUT2D eigenvalue weighted by Gasteiger charge is 2.37. The molecule has 2 heterocycles. The fourth-order valence-electron chi connectivity index (χ4n) is 4.11. The first kappa shape index (κ1) is 20.4. The van der Waals surface area contributed by atoms with E-state index in [2.05, 4.69) is 25.3 Å². The van der Waals surface area contributed by atoms with Gasteiger partial charge in [0.2, 0.25) is 11.8 Å². The van der Waals surface area contributed by atoms with E-state index in [-0.39, 0.29) is 30.3 Å². The number of nitrogens with zero attached hydrogens (tertiary/aromatic N) is 2. The van der Waals surface area contributed by atoms with Gasteiger partial charge in [0.05, 0.1) is 12.6 Å². The molecule has 2 aliphatic rings. The summed E-state index contributed by atoms with van der Waals surface area (Å²) in [5.41, 5.74) is 2.26. The fraction of sp³-hybridized carbons (Fsp3) is 0.478. The highest BCUT2D eigenvalue weighted by Crippen LogP contribution is 2.38. The molecule has 1 atom stereocenters. The molecule has 0 saturated heterocycles. The molecule has 1 aliphatic carbocycles. The predicted molar refractivity (Wildman–Crippen MR) is 117 cm³/mol.